The standard InChI is InChI=1S/C21H32ClN3O/c1-15(2)25-14-21(18(25)16-6-8-17(22)9-7-16)10-12-24(13-11-21)19(26)23-20(3,4)5/h6-9,15,18H,10-14H2,1-5H3,(H,23,26). The lowest BCUT2D eigenvalue weighted by atomic mass is 9.62. The second-order valence-corrected chi connectivity index (χ2v) is 9.69. The quantitative estimate of drug-likeness (QED) is 0.811. The van der Waals surface area contributed by atoms with Crippen molar-refractivity contribution in [2.45, 2.75) is 65.1 Å². The van der Waals surface area contributed by atoms with E-state index in [0.717, 1.165) is 37.5 Å². The zero-order chi connectivity index (χ0) is 19.1. The second kappa shape index (κ2) is 7.05. The molecule has 0 aromatic heterocycles. The lowest BCUT2D eigenvalue weighted by Gasteiger charge is -2.62. The summed E-state index contributed by atoms with van der Waals surface area (Å²) in [6.07, 6.45) is 2.11. The molecular weight excluding hydrogens is 346 g/mol. The maximum absolute atomic E-state index is 12.5. The Morgan fingerprint density at radius 3 is 2.27 bits per heavy atom. The van der Waals surface area contributed by atoms with Gasteiger partial charge in [0, 0.05) is 47.7 Å². The fourth-order valence-electron chi connectivity index (χ4n) is 4.44. The van der Waals surface area contributed by atoms with Gasteiger partial charge in [-0.2, -0.15) is 0 Å². The van der Waals surface area contributed by atoms with E-state index < -0.39 is 0 Å². The Kier molecular flexibility index (Phi) is 5.28. The van der Waals surface area contributed by atoms with Gasteiger partial charge in [-0.3, -0.25) is 4.90 Å². The zero-order valence-electron chi connectivity index (χ0n) is 16.7. The van der Waals surface area contributed by atoms with Crippen molar-refractivity contribution in [1.82, 2.24) is 15.1 Å². The van der Waals surface area contributed by atoms with Crippen molar-refractivity contribution in [2.24, 2.45) is 5.41 Å². The van der Waals surface area contributed by atoms with E-state index in [1.54, 1.807) is 0 Å². The van der Waals surface area contributed by atoms with E-state index in [4.69, 9.17) is 11.6 Å². The molecule has 144 valence electrons. The van der Waals surface area contributed by atoms with Gasteiger partial charge in [0.1, 0.15) is 0 Å². The highest BCUT2D eigenvalue weighted by Gasteiger charge is 2.54. The first-order valence-corrected chi connectivity index (χ1v) is 10.1. The van der Waals surface area contributed by atoms with Crippen LogP contribution < -0.4 is 5.32 Å². The first-order chi connectivity index (χ1) is 12.1. The molecule has 2 heterocycles. The Hall–Kier alpha value is -1.26. The summed E-state index contributed by atoms with van der Waals surface area (Å²) in [5, 5.41) is 3.87. The van der Waals surface area contributed by atoms with Crippen molar-refractivity contribution in [1.29, 1.82) is 0 Å². The maximum atomic E-state index is 12.5. The Balaban J connectivity index is 1.72. The minimum atomic E-state index is -0.191. The van der Waals surface area contributed by atoms with Gasteiger partial charge in [0.05, 0.1) is 0 Å². The Bertz CT molecular complexity index is 642. The number of hydrogen-bond donors (Lipinski definition) is 1. The SMILES string of the molecule is CC(C)N1CC2(CCN(C(=O)NC(C)(C)C)CC2)C1c1ccc(Cl)cc1. The van der Waals surface area contributed by atoms with Crippen LogP contribution in [0.4, 0.5) is 4.79 Å². The molecule has 1 spiro atoms. The van der Waals surface area contributed by atoms with Crippen LogP contribution in [0, 0.1) is 5.41 Å². The van der Waals surface area contributed by atoms with Gasteiger partial charge in [0.25, 0.3) is 0 Å². The maximum Gasteiger partial charge on any atom is 0.317 e. The van der Waals surface area contributed by atoms with E-state index in [9.17, 15) is 4.79 Å². The van der Waals surface area contributed by atoms with Gasteiger partial charge in [-0.25, -0.2) is 4.79 Å². The van der Waals surface area contributed by atoms with E-state index in [-0.39, 0.29) is 17.0 Å². The third-order valence-corrected chi connectivity index (χ3v) is 6.04. The molecule has 3 rings (SSSR count). The first kappa shape index (κ1) is 19.5. The van der Waals surface area contributed by atoms with Crippen molar-refractivity contribution >= 4 is 17.6 Å². The number of rotatable bonds is 2. The van der Waals surface area contributed by atoms with E-state index in [1.165, 1.54) is 5.56 Å². The number of nitrogens with zero attached hydrogens (tertiary/aromatic N) is 2. The number of hydrogen-bond acceptors (Lipinski definition) is 2. The monoisotopic (exact) mass is 377 g/mol. The molecule has 26 heavy (non-hydrogen) atoms. The fraction of sp³-hybridized carbons (Fsp3) is 0.667. The number of benzene rings is 1. The molecule has 0 aliphatic carbocycles. The third-order valence-electron chi connectivity index (χ3n) is 5.79. The molecule has 1 unspecified atom stereocenters. The molecular formula is C21H32ClN3O. The average molecular weight is 378 g/mol. The molecule has 0 bridgehead atoms. The summed E-state index contributed by atoms with van der Waals surface area (Å²) < 4.78 is 0. The molecule has 2 amide bonds. The molecule has 1 N–H and O–H groups in total. The number of likely N-dealkylation sites (tertiary alicyclic amines) is 2. The smallest absolute Gasteiger partial charge is 0.317 e. The number of urea groups is 1. The van der Waals surface area contributed by atoms with Crippen LogP contribution in [0.3, 0.4) is 0 Å². The van der Waals surface area contributed by atoms with Gasteiger partial charge in [-0.1, -0.05) is 23.7 Å². The predicted octanol–water partition coefficient (Wildman–Crippen LogP) is 4.70. The lowest BCUT2D eigenvalue weighted by molar-refractivity contribution is -0.123. The Morgan fingerprint density at radius 1 is 1.19 bits per heavy atom. The molecule has 1 aromatic carbocycles. The summed E-state index contributed by atoms with van der Waals surface area (Å²) in [5.74, 6) is 0. The highest BCUT2D eigenvalue weighted by Crippen LogP contribution is 2.55. The molecule has 4 nitrogen and oxygen atoms in total. The summed E-state index contributed by atoms with van der Waals surface area (Å²) in [5.41, 5.74) is 1.43. The second-order valence-electron chi connectivity index (χ2n) is 9.25. The van der Waals surface area contributed by atoms with Crippen molar-refractivity contribution in [3.63, 3.8) is 0 Å². The van der Waals surface area contributed by atoms with Gasteiger partial charge >= 0.3 is 6.03 Å². The van der Waals surface area contributed by atoms with Crippen LogP contribution in [-0.4, -0.2) is 47.0 Å². The van der Waals surface area contributed by atoms with Crippen LogP contribution in [0.2, 0.25) is 5.02 Å². The predicted molar refractivity (Wildman–Crippen MR) is 108 cm³/mol. The van der Waals surface area contributed by atoms with Gasteiger partial charge in [-0.15, -0.1) is 0 Å². The summed E-state index contributed by atoms with van der Waals surface area (Å²) in [4.78, 5) is 17.0. The van der Waals surface area contributed by atoms with E-state index in [0.29, 0.717) is 12.1 Å². The first-order valence-electron chi connectivity index (χ1n) is 9.70. The number of amides is 2. The summed E-state index contributed by atoms with van der Waals surface area (Å²) in [7, 11) is 0. The van der Waals surface area contributed by atoms with Crippen molar-refractivity contribution < 1.29 is 4.79 Å². The molecule has 2 saturated heterocycles. The highest BCUT2D eigenvalue weighted by atomic mass is 35.5. The van der Waals surface area contributed by atoms with Crippen LogP contribution in [0.15, 0.2) is 24.3 Å². The lowest BCUT2D eigenvalue weighted by Crippen LogP contribution is -2.64. The van der Waals surface area contributed by atoms with E-state index in [1.807, 2.05) is 37.8 Å². The molecule has 0 saturated carbocycles. The van der Waals surface area contributed by atoms with Gasteiger partial charge < -0.3 is 10.2 Å². The number of carbonyl (C=O) groups excluding carboxylic acids is 1. The normalized spacial score (nSPS) is 23.2. The molecule has 2 aliphatic rings. The summed E-state index contributed by atoms with van der Waals surface area (Å²) in [6.45, 7) is 13.4. The van der Waals surface area contributed by atoms with Crippen LogP contribution in [0.25, 0.3) is 0 Å². The van der Waals surface area contributed by atoms with Crippen molar-refractivity contribution in [3.8, 4) is 0 Å². The highest BCUT2D eigenvalue weighted by molar-refractivity contribution is 6.30. The van der Waals surface area contributed by atoms with Gasteiger partial charge in [-0.05, 0) is 65.2 Å². The van der Waals surface area contributed by atoms with Crippen LogP contribution in [-0.2, 0) is 0 Å². The van der Waals surface area contributed by atoms with Gasteiger partial charge in [0.15, 0.2) is 0 Å². The van der Waals surface area contributed by atoms with Crippen molar-refractivity contribution in [2.75, 3.05) is 19.6 Å². The topological polar surface area (TPSA) is 35.6 Å². The van der Waals surface area contributed by atoms with E-state index in [2.05, 4.69) is 36.2 Å². The van der Waals surface area contributed by atoms with Crippen LogP contribution in [0.5, 0.6) is 0 Å². The molecule has 0 radical (unpaired) electrons. The number of piperidine rings is 1. The molecule has 2 aliphatic heterocycles. The van der Waals surface area contributed by atoms with E-state index >= 15 is 0 Å². The Labute approximate surface area is 162 Å². The minimum Gasteiger partial charge on any atom is -0.333 e. The molecule has 1 atom stereocenters. The van der Waals surface area contributed by atoms with Crippen LogP contribution in [0.1, 0.15) is 59.1 Å². The number of nitrogens with one attached hydrogen (secondary N) is 1. The largest absolute Gasteiger partial charge is 0.333 e. The number of carbonyl (C=O) groups is 1. The third kappa shape index (κ3) is 3.86. The minimum absolute atomic E-state index is 0.0652. The number of halogens is 1. The molecule has 1 aromatic rings. The average Bonchev–Trinajstić information content (AvgIpc) is 2.53. The fourth-order valence-corrected chi connectivity index (χ4v) is 4.56. The zero-order valence-corrected chi connectivity index (χ0v) is 17.4. The van der Waals surface area contributed by atoms with Crippen LogP contribution >= 0.6 is 11.6 Å². The van der Waals surface area contributed by atoms with Crippen molar-refractivity contribution in [3.05, 3.63) is 34.9 Å². The summed E-state index contributed by atoms with van der Waals surface area (Å²) in [6, 6.07) is 9.33. The Morgan fingerprint density at radius 2 is 1.77 bits per heavy atom. The summed E-state index contributed by atoms with van der Waals surface area (Å²) >= 11 is 6.10. The molecule has 5 heteroatoms. The van der Waals surface area contributed by atoms with Gasteiger partial charge in [0.2, 0.25) is 0 Å². The molecule has 2 fully saturated rings.